The van der Waals surface area contributed by atoms with Crippen LogP contribution in [0.2, 0.25) is 0 Å². The summed E-state index contributed by atoms with van der Waals surface area (Å²) in [7, 11) is -3.39. The second-order valence-electron chi connectivity index (χ2n) is 6.90. The lowest BCUT2D eigenvalue weighted by Gasteiger charge is -2.36. The summed E-state index contributed by atoms with van der Waals surface area (Å²) in [6, 6.07) is 1.95. The van der Waals surface area contributed by atoms with Crippen molar-refractivity contribution in [3.8, 4) is 0 Å². The van der Waals surface area contributed by atoms with E-state index in [1.165, 1.54) is 10.6 Å². The second-order valence-corrected chi connectivity index (χ2v) is 8.87. The van der Waals surface area contributed by atoms with E-state index < -0.39 is 10.0 Å². The molecule has 0 aromatic carbocycles. The molecule has 0 saturated carbocycles. The molecule has 0 aliphatic carbocycles. The fourth-order valence-electron chi connectivity index (χ4n) is 3.38. The lowest BCUT2D eigenvalue weighted by Crippen LogP contribution is -2.54. The summed E-state index contributed by atoms with van der Waals surface area (Å²) in [6.07, 6.45) is 1.39. The molecule has 1 saturated heterocycles. The molecule has 2 rings (SSSR count). The van der Waals surface area contributed by atoms with Crippen molar-refractivity contribution in [1.82, 2.24) is 24.6 Å². The molecular weight excluding hydrogens is 380 g/mol. The number of aromatic nitrogens is 1. The average molecular weight is 415 g/mol. The number of nitrogens with zero attached hydrogens (tertiary/aromatic N) is 5. The van der Waals surface area contributed by atoms with Crippen molar-refractivity contribution >= 4 is 16.0 Å². The molecule has 9 nitrogen and oxygen atoms in total. The van der Waals surface area contributed by atoms with E-state index in [1.54, 1.807) is 6.07 Å². The first-order chi connectivity index (χ1) is 13.4. The van der Waals surface area contributed by atoms with Crippen molar-refractivity contribution in [1.29, 1.82) is 0 Å². The summed E-state index contributed by atoms with van der Waals surface area (Å²) in [5.41, 5.74) is 0.433. The Morgan fingerprint density at radius 2 is 1.96 bits per heavy atom. The van der Waals surface area contributed by atoms with Gasteiger partial charge in [-0.05, 0) is 26.9 Å². The first kappa shape index (κ1) is 22.6. The van der Waals surface area contributed by atoms with Crippen LogP contribution >= 0.6 is 0 Å². The standard InChI is InChI=1S/C18H34N6O3S/c1-5-19-18(20-14-16(4)22(6-2)7-3)23-9-11-24(12-10-23)28(25,26)15-17-8-13-27-21-17/h8,13,16H,5-7,9-12,14-15H2,1-4H3,(H,19,20). The van der Waals surface area contributed by atoms with E-state index in [4.69, 9.17) is 9.52 Å². The van der Waals surface area contributed by atoms with E-state index in [0.717, 1.165) is 25.6 Å². The molecule has 1 N–H and O–H groups in total. The third kappa shape index (κ3) is 6.18. The van der Waals surface area contributed by atoms with Gasteiger partial charge in [0.2, 0.25) is 10.0 Å². The number of rotatable bonds is 9. The smallest absolute Gasteiger partial charge is 0.220 e. The highest BCUT2D eigenvalue weighted by Gasteiger charge is 2.29. The van der Waals surface area contributed by atoms with Gasteiger partial charge in [0.1, 0.15) is 12.0 Å². The molecule has 10 heteroatoms. The monoisotopic (exact) mass is 414 g/mol. The van der Waals surface area contributed by atoms with Crippen molar-refractivity contribution in [3.63, 3.8) is 0 Å². The van der Waals surface area contributed by atoms with Crippen LogP contribution in [-0.4, -0.2) is 92.0 Å². The second kappa shape index (κ2) is 10.8. The van der Waals surface area contributed by atoms with Crippen LogP contribution in [0.1, 0.15) is 33.4 Å². The largest absolute Gasteiger partial charge is 0.364 e. The van der Waals surface area contributed by atoms with Crippen LogP contribution in [0.5, 0.6) is 0 Å². The quantitative estimate of drug-likeness (QED) is 0.472. The van der Waals surface area contributed by atoms with E-state index >= 15 is 0 Å². The van der Waals surface area contributed by atoms with Crippen LogP contribution in [-0.2, 0) is 15.8 Å². The molecule has 2 heterocycles. The van der Waals surface area contributed by atoms with E-state index in [0.29, 0.717) is 44.5 Å². The average Bonchev–Trinajstić information content (AvgIpc) is 3.18. The molecule has 1 aromatic heterocycles. The molecule has 0 amide bonds. The molecule has 1 aliphatic rings. The molecule has 1 aliphatic heterocycles. The Balaban J connectivity index is 1.95. The van der Waals surface area contributed by atoms with Crippen molar-refractivity contribution in [2.75, 3.05) is 52.4 Å². The first-order valence-electron chi connectivity index (χ1n) is 10.1. The highest BCUT2D eigenvalue weighted by atomic mass is 32.2. The maximum absolute atomic E-state index is 12.6. The minimum absolute atomic E-state index is 0.126. The van der Waals surface area contributed by atoms with Crippen molar-refractivity contribution in [3.05, 3.63) is 18.0 Å². The third-order valence-electron chi connectivity index (χ3n) is 5.03. The summed E-state index contributed by atoms with van der Waals surface area (Å²) >= 11 is 0. The highest BCUT2D eigenvalue weighted by molar-refractivity contribution is 7.88. The maximum atomic E-state index is 12.6. The van der Waals surface area contributed by atoms with Crippen LogP contribution in [0.15, 0.2) is 21.8 Å². The number of guanidine groups is 1. The topological polar surface area (TPSA) is 94.3 Å². The van der Waals surface area contributed by atoms with Crippen LogP contribution in [0.3, 0.4) is 0 Å². The van der Waals surface area contributed by atoms with Crippen LogP contribution in [0.25, 0.3) is 0 Å². The Morgan fingerprint density at radius 1 is 1.29 bits per heavy atom. The van der Waals surface area contributed by atoms with E-state index in [2.05, 4.69) is 41.0 Å². The number of sulfonamides is 1. The van der Waals surface area contributed by atoms with Gasteiger partial charge in [0, 0.05) is 44.8 Å². The van der Waals surface area contributed by atoms with E-state index in [-0.39, 0.29) is 5.75 Å². The lowest BCUT2D eigenvalue weighted by molar-refractivity contribution is 0.234. The Hall–Kier alpha value is -1.65. The maximum Gasteiger partial charge on any atom is 0.220 e. The molecule has 28 heavy (non-hydrogen) atoms. The molecule has 160 valence electrons. The Morgan fingerprint density at radius 3 is 2.50 bits per heavy atom. The van der Waals surface area contributed by atoms with Crippen LogP contribution in [0, 0.1) is 0 Å². The zero-order chi connectivity index (χ0) is 20.6. The van der Waals surface area contributed by atoms with Gasteiger partial charge < -0.3 is 14.7 Å². The van der Waals surface area contributed by atoms with Gasteiger partial charge in [-0.3, -0.25) is 9.89 Å². The molecule has 0 bridgehead atoms. The van der Waals surface area contributed by atoms with Gasteiger partial charge in [-0.15, -0.1) is 0 Å². The van der Waals surface area contributed by atoms with Gasteiger partial charge in [0.25, 0.3) is 0 Å². The summed E-state index contributed by atoms with van der Waals surface area (Å²) in [5.74, 6) is 0.731. The van der Waals surface area contributed by atoms with Gasteiger partial charge in [-0.25, -0.2) is 8.42 Å². The molecule has 0 spiro atoms. The zero-order valence-electron chi connectivity index (χ0n) is 17.5. The van der Waals surface area contributed by atoms with E-state index in [9.17, 15) is 8.42 Å². The summed E-state index contributed by atoms with van der Waals surface area (Å²) < 4.78 is 31.4. The number of piperazine rings is 1. The van der Waals surface area contributed by atoms with Crippen LogP contribution < -0.4 is 5.32 Å². The predicted molar refractivity (Wildman–Crippen MR) is 111 cm³/mol. The number of hydrogen-bond acceptors (Lipinski definition) is 6. The fraction of sp³-hybridized carbons (Fsp3) is 0.778. The Bertz CT molecular complexity index is 695. The summed E-state index contributed by atoms with van der Waals surface area (Å²) in [6.45, 7) is 14.2. The molecule has 0 radical (unpaired) electrons. The SMILES string of the molecule is CCNC(=NCC(C)N(CC)CC)N1CCN(S(=O)(=O)Cc2ccon2)CC1. The Labute approximate surface area is 168 Å². The number of likely N-dealkylation sites (N-methyl/N-ethyl adjacent to an activating group) is 1. The fourth-order valence-corrected chi connectivity index (χ4v) is 4.80. The highest BCUT2D eigenvalue weighted by Crippen LogP contribution is 2.13. The van der Waals surface area contributed by atoms with Crippen LogP contribution in [0.4, 0.5) is 0 Å². The Kier molecular flexibility index (Phi) is 8.71. The molecule has 1 unspecified atom stereocenters. The van der Waals surface area contributed by atoms with Gasteiger partial charge >= 0.3 is 0 Å². The zero-order valence-corrected chi connectivity index (χ0v) is 18.3. The molecule has 1 fully saturated rings. The first-order valence-corrected chi connectivity index (χ1v) is 11.7. The summed E-state index contributed by atoms with van der Waals surface area (Å²) in [4.78, 5) is 9.32. The van der Waals surface area contributed by atoms with E-state index in [1.807, 2.05) is 6.92 Å². The number of aliphatic imine (C=N–C) groups is 1. The van der Waals surface area contributed by atoms with Gasteiger partial charge in [-0.1, -0.05) is 19.0 Å². The van der Waals surface area contributed by atoms with Crippen molar-refractivity contribution in [2.45, 2.75) is 39.5 Å². The predicted octanol–water partition coefficient (Wildman–Crippen LogP) is 0.818. The normalized spacial score (nSPS) is 17.9. The van der Waals surface area contributed by atoms with Gasteiger partial charge in [-0.2, -0.15) is 4.31 Å². The van der Waals surface area contributed by atoms with Gasteiger partial charge in [0.15, 0.2) is 5.96 Å². The molecular formula is C18H34N6O3S. The molecule has 1 atom stereocenters. The molecule has 1 aromatic rings. The lowest BCUT2D eigenvalue weighted by atomic mass is 10.3. The van der Waals surface area contributed by atoms with Crippen molar-refractivity contribution < 1.29 is 12.9 Å². The number of nitrogens with one attached hydrogen (secondary N) is 1. The minimum atomic E-state index is -3.39. The third-order valence-corrected chi connectivity index (χ3v) is 6.84. The minimum Gasteiger partial charge on any atom is -0.364 e. The van der Waals surface area contributed by atoms with Gasteiger partial charge in [0.05, 0.1) is 12.2 Å². The summed E-state index contributed by atoms with van der Waals surface area (Å²) in [5, 5.41) is 7.05. The van der Waals surface area contributed by atoms with Crippen molar-refractivity contribution in [2.24, 2.45) is 4.99 Å². The number of hydrogen-bond donors (Lipinski definition) is 1.